The summed E-state index contributed by atoms with van der Waals surface area (Å²) < 4.78 is 0. The summed E-state index contributed by atoms with van der Waals surface area (Å²) in [5, 5.41) is 9.86. The maximum atomic E-state index is 10.7. The summed E-state index contributed by atoms with van der Waals surface area (Å²) in [6.07, 6.45) is -0.648. The van der Waals surface area contributed by atoms with Crippen molar-refractivity contribution in [2.75, 3.05) is 25.9 Å². The van der Waals surface area contributed by atoms with Crippen LogP contribution in [0.4, 0.5) is 5.69 Å². The molecule has 0 saturated carbocycles. The van der Waals surface area contributed by atoms with Crippen LogP contribution in [0.5, 0.6) is 0 Å². The average Bonchev–Trinajstić information content (AvgIpc) is 2.16. The molecule has 5 heteroatoms. The van der Waals surface area contributed by atoms with Crippen molar-refractivity contribution in [1.82, 2.24) is 4.90 Å². The van der Waals surface area contributed by atoms with Crippen LogP contribution >= 0.6 is 0 Å². The van der Waals surface area contributed by atoms with Crippen LogP contribution in [0, 0.1) is 0 Å². The third kappa shape index (κ3) is 3.88. The predicted molar refractivity (Wildman–Crippen MR) is 62.5 cm³/mol. The van der Waals surface area contributed by atoms with Crippen LogP contribution in [0.3, 0.4) is 0 Å². The Morgan fingerprint density at radius 3 is 2.50 bits per heavy atom. The standard InChI is InChI=1S/C11H17N3O2/c1-14(7-11(13)16)6-10(15)8-2-4-9(12)5-3-8/h2-5,10,15H,6-7,12H2,1H3,(H2,13,16). The lowest BCUT2D eigenvalue weighted by Crippen LogP contribution is -2.33. The van der Waals surface area contributed by atoms with E-state index in [9.17, 15) is 9.90 Å². The molecule has 0 heterocycles. The fraction of sp³-hybridized carbons (Fsp3) is 0.364. The van der Waals surface area contributed by atoms with Crippen LogP contribution in [0.2, 0.25) is 0 Å². The zero-order valence-corrected chi connectivity index (χ0v) is 9.26. The predicted octanol–water partition coefficient (Wildman–Crippen LogP) is -0.281. The number of carbonyl (C=O) groups excluding carboxylic acids is 1. The van der Waals surface area contributed by atoms with E-state index in [-0.39, 0.29) is 6.54 Å². The summed E-state index contributed by atoms with van der Waals surface area (Å²) in [5.41, 5.74) is 12.0. The number of benzene rings is 1. The molecule has 16 heavy (non-hydrogen) atoms. The van der Waals surface area contributed by atoms with Gasteiger partial charge in [0, 0.05) is 12.2 Å². The highest BCUT2D eigenvalue weighted by Crippen LogP contribution is 2.15. The number of carbonyl (C=O) groups is 1. The van der Waals surface area contributed by atoms with Crippen molar-refractivity contribution in [3.63, 3.8) is 0 Å². The Kier molecular flexibility index (Phi) is 4.28. The molecule has 0 radical (unpaired) electrons. The minimum absolute atomic E-state index is 0.131. The van der Waals surface area contributed by atoms with Crippen LogP contribution in [-0.4, -0.2) is 36.1 Å². The summed E-state index contributed by atoms with van der Waals surface area (Å²) >= 11 is 0. The molecular formula is C11H17N3O2. The van der Waals surface area contributed by atoms with Gasteiger partial charge in [-0.3, -0.25) is 9.69 Å². The molecule has 1 aromatic rings. The number of aliphatic hydroxyl groups excluding tert-OH is 1. The summed E-state index contributed by atoms with van der Waals surface area (Å²) in [4.78, 5) is 12.3. The highest BCUT2D eigenvalue weighted by atomic mass is 16.3. The minimum Gasteiger partial charge on any atom is -0.399 e. The van der Waals surface area contributed by atoms with Gasteiger partial charge < -0.3 is 16.6 Å². The van der Waals surface area contributed by atoms with Gasteiger partial charge in [0.25, 0.3) is 0 Å². The molecule has 0 aromatic heterocycles. The largest absolute Gasteiger partial charge is 0.399 e. The molecular weight excluding hydrogens is 206 g/mol. The maximum Gasteiger partial charge on any atom is 0.231 e. The first kappa shape index (κ1) is 12.5. The number of hydrogen-bond donors (Lipinski definition) is 3. The van der Waals surface area contributed by atoms with E-state index in [4.69, 9.17) is 11.5 Å². The number of nitrogen functional groups attached to an aromatic ring is 1. The molecule has 5 N–H and O–H groups in total. The second-order valence-corrected chi connectivity index (χ2v) is 3.85. The highest BCUT2D eigenvalue weighted by molar-refractivity contribution is 5.75. The molecule has 0 aliphatic carbocycles. The first-order valence-electron chi connectivity index (χ1n) is 4.99. The summed E-state index contributed by atoms with van der Waals surface area (Å²) in [6, 6.07) is 6.98. The van der Waals surface area contributed by atoms with Gasteiger partial charge in [0.05, 0.1) is 12.6 Å². The molecule has 0 fully saturated rings. The van der Waals surface area contributed by atoms with Crippen LogP contribution < -0.4 is 11.5 Å². The van der Waals surface area contributed by atoms with Crippen molar-refractivity contribution in [2.45, 2.75) is 6.10 Å². The summed E-state index contributed by atoms with van der Waals surface area (Å²) in [6.45, 7) is 0.485. The number of rotatable bonds is 5. The van der Waals surface area contributed by atoms with Gasteiger partial charge in [-0.15, -0.1) is 0 Å². The Bertz CT molecular complexity index is 351. The summed E-state index contributed by atoms with van der Waals surface area (Å²) in [7, 11) is 1.73. The lowest BCUT2D eigenvalue weighted by molar-refractivity contribution is -0.119. The lowest BCUT2D eigenvalue weighted by Gasteiger charge is -2.19. The van der Waals surface area contributed by atoms with E-state index < -0.39 is 12.0 Å². The molecule has 1 aromatic carbocycles. The number of primary amides is 1. The number of nitrogens with two attached hydrogens (primary N) is 2. The van der Waals surface area contributed by atoms with Gasteiger partial charge in [0.15, 0.2) is 0 Å². The molecule has 1 rings (SSSR count). The SMILES string of the molecule is CN(CC(N)=O)CC(O)c1ccc(N)cc1. The van der Waals surface area contributed by atoms with E-state index in [1.165, 1.54) is 0 Å². The Labute approximate surface area is 94.7 Å². The van der Waals surface area contributed by atoms with Gasteiger partial charge in [-0.1, -0.05) is 12.1 Å². The van der Waals surface area contributed by atoms with Crippen LogP contribution in [0.1, 0.15) is 11.7 Å². The number of anilines is 1. The molecule has 0 spiro atoms. The van der Waals surface area contributed by atoms with Crippen molar-refractivity contribution in [1.29, 1.82) is 0 Å². The molecule has 5 nitrogen and oxygen atoms in total. The topological polar surface area (TPSA) is 92.6 Å². The van der Waals surface area contributed by atoms with Gasteiger partial charge in [0.2, 0.25) is 5.91 Å². The minimum atomic E-state index is -0.648. The fourth-order valence-electron chi connectivity index (χ4n) is 1.45. The van der Waals surface area contributed by atoms with E-state index in [1.807, 2.05) is 0 Å². The van der Waals surface area contributed by atoms with E-state index in [0.717, 1.165) is 5.56 Å². The van der Waals surface area contributed by atoms with Crippen molar-refractivity contribution in [3.05, 3.63) is 29.8 Å². The Morgan fingerprint density at radius 1 is 1.44 bits per heavy atom. The van der Waals surface area contributed by atoms with Gasteiger partial charge >= 0.3 is 0 Å². The highest BCUT2D eigenvalue weighted by Gasteiger charge is 2.11. The van der Waals surface area contributed by atoms with Gasteiger partial charge in [0.1, 0.15) is 0 Å². The van der Waals surface area contributed by atoms with Crippen molar-refractivity contribution in [3.8, 4) is 0 Å². The quantitative estimate of drug-likeness (QED) is 0.598. The van der Waals surface area contributed by atoms with Crippen LogP contribution in [-0.2, 0) is 4.79 Å². The zero-order chi connectivity index (χ0) is 12.1. The fourth-order valence-corrected chi connectivity index (χ4v) is 1.45. The average molecular weight is 223 g/mol. The first-order chi connectivity index (χ1) is 7.49. The maximum absolute atomic E-state index is 10.7. The molecule has 0 saturated heterocycles. The van der Waals surface area contributed by atoms with Gasteiger partial charge in [-0.05, 0) is 24.7 Å². The van der Waals surface area contributed by atoms with Crippen molar-refractivity contribution >= 4 is 11.6 Å². The second kappa shape index (κ2) is 5.48. The molecule has 1 unspecified atom stereocenters. The Morgan fingerprint density at radius 2 is 2.00 bits per heavy atom. The molecule has 1 atom stereocenters. The number of hydrogen-bond acceptors (Lipinski definition) is 4. The van der Waals surface area contributed by atoms with Crippen molar-refractivity contribution < 1.29 is 9.90 Å². The van der Waals surface area contributed by atoms with Crippen molar-refractivity contribution in [2.24, 2.45) is 5.73 Å². The molecule has 1 amide bonds. The van der Waals surface area contributed by atoms with E-state index in [2.05, 4.69) is 0 Å². The second-order valence-electron chi connectivity index (χ2n) is 3.85. The Hall–Kier alpha value is -1.59. The van der Waals surface area contributed by atoms with Crippen LogP contribution in [0.25, 0.3) is 0 Å². The van der Waals surface area contributed by atoms with E-state index >= 15 is 0 Å². The number of likely N-dealkylation sites (N-methyl/N-ethyl adjacent to an activating group) is 1. The van der Waals surface area contributed by atoms with E-state index in [0.29, 0.717) is 12.2 Å². The first-order valence-corrected chi connectivity index (χ1v) is 4.99. The monoisotopic (exact) mass is 223 g/mol. The zero-order valence-electron chi connectivity index (χ0n) is 9.26. The number of amides is 1. The molecule has 0 aliphatic rings. The van der Waals surface area contributed by atoms with Crippen LogP contribution in [0.15, 0.2) is 24.3 Å². The van der Waals surface area contributed by atoms with E-state index in [1.54, 1.807) is 36.2 Å². The molecule has 0 bridgehead atoms. The molecule has 0 aliphatic heterocycles. The smallest absolute Gasteiger partial charge is 0.231 e. The van der Waals surface area contributed by atoms with Gasteiger partial charge in [-0.25, -0.2) is 0 Å². The molecule has 88 valence electrons. The number of nitrogens with zero attached hydrogens (tertiary/aromatic N) is 1. The Balaban J connectivity index is 2.54. The normalized spacial score (nSPS) is 12.7. The summed E-state index contributed by atoms with van der Waals surface area (Å²) in [5.74, 6) is -0.410. The third-order valence-electron chi connectivity index (χ3n) is 2.23. The lowest BCUT2D eigenvalue weighted by atomic mass is 10.1. The third-order valence-corrected chi connectivity index (χ3v) is 2.23. The number of aliphatic hydroxyl groups is 1. The van der Waals surface area contributed by atoms with Gasteiger partial charge in [-0.2, -0.15) is 0 Å².